The Kier molecular flexibility index (Phi) is 17.2. The van der Waals surface area contributed by atoms with E-state index in [-0.39, 0.29) is 0 Å². The Labute approximate surface area is 382 Å². The normalized spacial score (nSPS) is 12.3. The van der Waals surface area contributed by atoms with Crippen LogP contribution in [-0.2, 0) is 13.1 Å². The van der Waals surface area contributed by atoms with Crippen LogP contribution in [0, 0.1) is 5.41 Å². The molecule has 0 aliphatic heterocycles. The van der Waals surface area contributed by atoms with Crippen molar-refractivity contribution in [2.45, 2.75) is 65.5 Å². The summed E-state index contributed by atoms with van der Waals surface area (Å²) in [5, 5.41) is 5.16. The largest absolute Gasteiger partial charge is 0.377 e. The molecule has 0 saturated heterocycles. The van der Waals surface area contributed by atoms with Gasteiger partial charge in [-0.1, -0.05) is 96.1 Å². The molecule has 2 aromatic heterocycles. The van der Waals surface area contributed by atoms with Gasteiger partial charge in [-0.3, -0.25) is 0 Å². The lowest BCUT2D eigenvalue weighted by Gasteiger charge is -2.29. The summed E-state index contributed by atoms with van der Waals surface area (Å²) in [6.45, 7) is 9.43. The number of anilines is 2. The van der Waals surface area contributed by atoms with Crippen LogP contribution in [0.5, 0.6) is 0 Å². The maximum Gasteiger partial charge on any atom is 0.205 e. The van der Waals surface area contributed by atoms with Crippen molar-refractivity contribution in [1.82, 2.24) is 0 Å². The minimum atomic E-state index is 0.366. The Morgan fingerprint density at radius 3 is 1.48 bits per heavy atom. The van der Waals surface area contributed by atoms with Crippen molar-refractivity contribution >= 4 is 78.8 Å². The molecule has 0 saturated carbocycles. The molecule has 2 heterocycles. The average Bonchev–Trinajstić information content (AvgIpc) is 3.26. The minimum absolute atomic E-state index is 0.366. The molecule has 0 aliphatic rings. The summed E-state index contributed by atoms with van der Waals surface area (Å²) in [5.74, 6) is 2.42. The Bertz CT molecular complexity index is 2240. The standard InChI is InChI=1S/C55H72N5S2/c1-55(2,35-15-18-39-58-37-16-13-21-47(58)31-27-45-29-33-53(56(3)4)51-25-11-9-23-49(45)51)36-43-61-62-44-42-60(7,8)41-20-19-40-59-38-17-14-22-48(59)32-28-46-30-34-54(57(5)6)52-26-12-10-24-50(46)52/h9-14,16-17,21-34,37-38H,15,18-20,35-36,39-44H2,1-8H3/q+3. The average molecular weight is 867 g/mol. The predicted octanol–water partition coefficient (Wildman–Crippen LogP) is 12.6. The number of benzene rings is 4. The number of hydrogen-bond acceptors (Lipinski definition) is 4. The van der Waals surface area contributed by atoms with Gasteiger partial charge in [-0.15, -0.1) is 0 Å². The molecular weight excluding hydrogens is 795 g/mol. The van der Waals surface area contributed by atoms with E-state index in [1.165, 1.54) is 119 Å². The van der Waals surface area contributed by atoms with Crippen LogP contribution < -0.4 is 18.9 Å². The molecule has 0 fully saturated rings. The molecule has 0 bridgehead atoms. The van der Waals surface area contributed by atoms with E-state index >= 15 is 0 Å². The van der Waals surface area contributed by atoms with E-state index < -0.39 is 0 Å². The van der Waals surface area contributed by atoms with Crippen LogP contribution in [0.2, 0.25) is 0 Å². The quantitative estimate of drug-likeness (QED) is 0.0276. The zero-order valence-corrected chi connectivity index (χ0v) is 40.5. The fourth-order valence-electron chi connectivity index (χ4n) is 8.39. The van der Waals surface area contributed by atoms with Crippen molar-refractivity contribution in [1.29, 1.82) is 0 Å². The molecular formula is C55H72N5S2+3. The third-order valence-corrected chi connectivity index (χ3v) is 14.7. The molecule has 0 aliphatic carbocycles. The van der Waals surface area contributed by atoms with Crippen molar-refractivity contribution in [2.24, 2.45) is 5.41 Å². The van der Waals surface area contributed by atoms with Gasteiger partial charge in [-0.2, -0.15) is 9.13 Å². The van der Waals surface area contributed by atoms with Gasteiger partial charge < -0.3 is 14.3 Å². The second-order valence-corrected chi connectivity index (χ2v) is 21.3. The molecule has 6 aromatic rings. The minimum Gasteiger partial charge on any atom is -0.377 e. The maximum atomic E-state index is 2.47. The molecule has 7 heteroatoms. The van der Waals surface area contributed by atoms with E-state index in [2.05, 4.69) is 243 Å². The highest BCUT2D eigenvalue weighted by Gasteiger charge is 2.19. The lowest BCUT2D eigenvalue weighted by molar-refractivity contribution is -0.888. The number of pyridine rings is 2. The van der Waals surface area contributed by atoms with Gasteiger partial charge >= 0.3 is 0 Å². The fraction of sp³-hybridized carbons (Fsp3) is 0.382. The lowest BCUT2D eigenvalue weighted by atomic mass is 9.84. The van der Waals surface area contributed by atoms with Crippen LogP contribution in [0.25, 0.3) is 45.8 Å². The third-order valence-electron chi connectivity index (χ3n) is 12.3. The van der Waals surface area contributed by atoms with Crippen molar-refractivity contribution in [3.8, 4) is 0 Å². The Balaban J connectivity index is 0.867. The van der Waals surface area contributed by atoms with E-state index in [1.807, 2.05) is 0 Å². The number of hydrogen-bond donors (Lipinski definition) is 0. The molecule has 0 amide bonds. The second-order valence-electron chi connectivity index (χ2n) is 18.6. The molecule has 0 radical (unpaired) electrons. The van der Waals surface area contributed by atoms with Gasteiger partial charge in [0.1, 0.15) is 13.1 Å². The van der Waals surface area contributed by atoms with Crippen LogP contribution >= 0.6 is 21.6 Å². The van der Waals surface area contributed by atoms with E-state index in [4.69, 9.17) is 0 Å². The highest BCUT2D eigenvalue weighted by atomic mass is 33.1. The number of unbranched alkanes of at least 4 members (excludes halogenated alkanes) is 2. The SMILES string of the molecule is CN(C)c1ccc(/C=C/c2cccc[n+]2CCCCC(C)(C)CCSSCC[N+](C)(C)CCCC[n+]2ccccc2/C=C/c2ccc(N(C)C)c3ccccc23)c2ccccc12. The number of rotatable bonds is 23. The molecule has 4 aromatic carbocycles. The van der Waals surface area contributed by atoms with Gasteiger partial charge in [0.05, 0.1) is 32.9 Å². The number of nitrogens with zero attached hydrogens (tertiary/aromatic N) is 5. The van der Waals surface area contributed by atoms with Crippen molar-refractivity contribution in [2.75, 3.05) is 76.7 Å². The molecule has 5 nitrogen and oxygen atoms in total. The number of fused-ring (bicyclic) bond motifs is 2. The van der Waals surface area contributed by atoms with Crippen molar-refractivity contribution in [3.63, 3.8) is 0 Å². The summed E-state index contributed by atoms with van der Waals surface area (Å²) in [7, 11) is 17.4. The van der Waals surface area contributed by atoms with Gasteiger partial charge in [0.2, 0.25) is 11.4 Å². The molecule has 0 atom stereocenters. The summed E-state index contributed by atoms with van der Waals surface area (Å²) in [6.07, 6.45) is 21.0. The molecule has 326 valence electrons. The Morgan fingerprint density at radius 1 is 0.500 bits per heavy atom. The smallest absolute Gasteiger partial charge is 0.205 e. The van der Waals surface area contributed by atoms with E-state index in [0.29, 0.717) is 5.41 Å². The van der Waals surface area contributed by atoms with E-state index in [0.717, 1.165) is 17.6 Å². The maximum absolute atomic E-state index is 2.47. The second kappa shape index (κ2) is 22.7. The highest BCUT2D eigenvalue weighted by molar-refractivity contribution is 8.76. The summed E-state index contributed by atoms with van der Waals surface area (Å²) >= 11 is 0. The van der Waals surface area contributed by atoms with E-state index in [9.17, 15) is 0 Å². The number of aryl methyl sites for hydroxylation is 2. The van der Waals surface area contributed by atoms with Gasteiger partial charge in [-0.05, 0) is 83.0 Å². The van der Waals surface area contributed by atoms with E-state index in [1.54, 1.807) is 0 Å². The Hall–Kier alpha value is -4.56. The first-order chi connectivity index (χ1) is 29.9. The summed E-state index contributed by atoms with van der Waals surface area (Å²) in [4.78, 5) is 4.39. The van der Waals surface area contributed by atoms with Crippen molar-refractivity contribution < 1.29 is 13.6 Å². The van der Waals surface area contributed by atoms with Gasteiger partial charge in [0, 0.05) is 112 Å². The first-order valence-corrected chi connectivity index (χ1v) is 25.2. The van der Waals surface area contributed by atoms with Crippen LogP contribution in [0.1, 0.15) is 74.9 Å². The fourth-order valence-corrected chi connectivity index (χ4v) is 11.0. The lowest BCUT2D eigenvalue weighted by Crippen LogP contribution is -2.43. The summed E-state index contributed by atoms with van der Waals surface area (Å²) in [5.41, 5.74) is 7.88. The van der Waals surface area contributed by atoms with Crippen LogP contribution in [-0.4, -0.2) is 71.4 Å². The summed E-state index contributed by atoms with van der Waals surface area (Å²) < 4.78 is 5.91. The van der Waals surface area contributed by atoms with Gasteiger partial charge in [-0.25, -0.2) is 0 Å². The first kappa shape index (κ1) is 46.9. The first-order valence-electron chi connectivity index (χ1n) is 22.7. The van der Waals surface area contributed by atoms with Gasteiger partial charge in [0.25, 0.3) is 0 Å². The zero-order chi connectivity index (χ0) is 44.0. The Morgan fingerprint density at radius 2 is 0.968 bits per heavy atom. The molecule has 0 spiro atoms. The molecule has 62 heavy (non-hydrogen) atoms. The highest BCUT2D eigenvalue weighted by Crippen LogP contribution is 2.33. The molecule has 6 rings (SSSR count). The van der Waals surface area contributed by atoms with Crippen LogP contribution in [0.4, 0.5) is 11.4 Å². The number of aromatic nitrogens is 2. The van der Waals surface area contributed by atoms with Gasteiger partial charge in [0.15, 0.2) is 12.4 Å². The van der Waals surface area contributed by atoms with Crippen LogP contribution in [0.3, 0.4) is 0 Å². The van der Waals surface area contributed by atoms with Crippen molar-refractivity contribution in [3.05, 3.63) is 144 Å². The van der Waals surface area contributed by atoms with Crippen LogP contribution in [0.15, 0.2) is 122 Å². The topological polar surface area (TPSA) is 14.2 Å². The zero-order valence-electron chi connectivity index (χ0n) is 38.9. The molecule has 0 N–H and O–H groups in total. The third kappa shape index (κ3) is 13.5. The predicted molar refractivity (Wildman–Crippen MR) is 276 cm³/mol. The number of quaternary nitrogens is 1. The summed E-state index contributed by atoms with van der Waals surface area (Å²) in [6, 6.07) is 39.5. The molecule has 0 unspecified atom stereocenters. The monoisotopic (exact) mass is 867 g/mol.